The summed E-state index contributed by atoms with van der Waals surface area (Å²) in [6.07, 6.45) is 3.83. The van der Waals surface area contributed by atoms with Crippen molar-refractivity contribution in [2.45, 2.75) is 58.2 Å². The first-order chi connectivity index (χ1) is 13.3. The molecule has 1 aromatic carbocycles. The molecule has 2 heterocycles. The minimum atomic E-state index is -3.63. The predicted molar refractivity (Wildman–Crippen MR) is 109 cm³/mol. The standard InChI is InChI=1S/C21H28N2O4S/c1-4-18-7-5-6-12-23(18)20(24)14-28(25,26)13-19-16(3)27-21(22-19)17-10-8-15(2)9-11-17/h8-11,18H,4-7,12-14H2,1-3H3. The fourth-order valence-electron chi connectivity index (χ4n) is 3.67. The van der Waals surface area contributed by atoms with Gasteiger partial charge in [-0.15, -0.1) is 0 Å². The van der Waals surface area contributed by atoms with E-state index in [0.29, 0.717) is 23.9 Å². The smallest absolute Gasteiger partial charge is 0.238 e. The van der Waals surface area contributed by atoms with Crippen LogP contribution in [0.25, 0.3) is 11.5 Å². The van der Waals surface area contributed by atoms with E-state index in [4.69, 9.17) is 4.42 Å². The topological polar surface area (TPSA) is 80.5 Å². The second kappa shape index (κ2) is 8.47. The molecular formula is C21H28N2O4S. The van der Waals surface area contributed by atoms with Gasteiger partial charge in [0.25, 0.3) is 0 Å². The molecule has 0 saturated carbocycles. The van der Waals surface area contributed by atoms with E-state index in [9.17, 15) is 13.2 Å². The second-order valence-electron chi connectivity index (χ2n) is 7.57. The zero-order valence-electron chi connectivity index (χ0n) is 16.8. The van der Waals surface area contributed by atoms with Crippen molar-refractivity contribution in [2.75, 3.05) is 12.3 Å². The molecule has 3 rings (SSSR count). The summed E-state index contributed by atoms with van der Waals surface area (Å²) in [5.74, 6) is -0.196. The van der Waals surface area contributed by atoms with Crippen molar-refractivity contribution in [1.82, 2.24) is 9.88 Å². The summed E-state index contributed by atoms with van der Waals surface area (Å²) in [5, 5.41) is 0. The number of carbonyl (C=O) groups excluding carboxylic acids is 1. The van der Waals surface area contributed by atoms with E-state index in [1.807, 2.05) is 38.1 Å². The lowest BCUT2D eigenvalue weighted by molar-refractivity contribution is -0.132. The second-order valence-corrected chi connectivity index (χ2v) is 9.63. The highest BCUT2D eigenvalue weighted by Gasteiger charge is 2.29. The first-order valence-corrected chi connectivity index (χ1v) is 11.6. The number of oxazole rings is 1. The van der Waals surface area contributed by atoms with E-state index in [0.717, 1.165) is 36.8 Å². The number of benzene rings is 1. The molecule has 1 aliphatic rings. The van der Waals surface area contributed by atoms with Crippen LogP contribution < -0.4 is 0 Å². The molecule has 0 aliphatic carbocycles. The van der Waals surface area contributed by atoms with Gasteiger partial charge in [0, 0.05) is 18.2 Å². The fourth-order valence-corrected chi connectivity index (χ4v) is 4.99. The first kappa shape index (κ1) is 20.6. The first-order valence-electron chi connectivity index (χ1n) is 9.82. The van der Waals surface area contributed by atoms with Gasteiger partial charge in [-0.25, -0.2) is 13.4 Å². The Hall–Kier alpha value is -2.15. The highest BCUT2D eigenvalue weighted by atomic mass is 32.2. The average Bonchev–Trinajstić information content (AvgIpc) is 3.01. The molecule has 1 saturated heterocycles. The molecule has 1 unspecified atom stereocenters. The van der Waals surface area contributed by atoms with E-state index in [-0.39, 0.29) is 17.7 Å². The highest BCUT2D eigenvalue weighted by molar-refractivity contribution is 7.91. The summed E-state index contributed by atoms with van der Waals surface area (Å²) >= 11 is 0. The van der Waals surface area contributed by atoms with Crippen molar-refractivity contribution >= 4 is 15.7 Å². The molecule has 1 amide bonds. The molecule has 7 heteroatoms. The Kier molecular flexibility index (Phi) is 6.23. The molecule has 152 valence electrons. The van der Waals surface area contributed by atoms with Crippen LogP contribution in [0.15, 0.2) is 28.7 Å². The van der Waals surface area contributed by atoms with E-state index >= 15 is 0 Å². The van der Waals surface area contributed by atoms with Gasteiger partial charge < -0.3 is 9.32 Å². The maximum absolute atomic E-state index is 12.7. The van der Waals surface area contributed by atoms with Crippen LogP contribution in [0.1, 0.15) is 49.6 Å². The van der Waals surface area contributed by atoms with Crippen molar-refractivity contribution in [1.29, 1.82) is 0 Å². The molecule has 0 spiro atoms. The average molecular weight is 405 g/mol. The van der Waals surface area contributed by atoms with Gasteiger partial charge in [0.1, 0.15) is 11.5 Å². The molecular weight excluding hydrogens is 376 g/mol. The van der Waals surface area contributed by atoms with Crippen LogP contribution >= 0.6 is 0 Å². The van der Waals surface area contributed by atoms with Crippen LogP contribution in [0.3, 0.4) is 0 Å². The number of aromatic nitrogens is 1. The number of rotatable bonds is 6. The summed E-state index contributed by atoms with van der Waals surface area (Å²) in [4.78, 5) is 18.7. The number of amides is 1. The number of hydrogen-bond donors (Lipinski definition) is 0. The van der Waals surface area contributed by atoms with Crippen molar-refractivity contribution in [3.63, 3.8) is 0 Å². The molecule has 1 aliphatic heterocycles. The maximum atomic E-state index is 12.7. The van der Waals surface area contributed by atoms with Crippen molar-refractivity contribution in [2.24, 2.45) is 0 Å². The predicted octanol–water partition coefficient (Wildman–Crippen LogP) is 3.66. The Labute approximate surface area is 166 Å². The molecule has 0 radical (unpaired) electrons. The summed E-state index contributed by atoms with van der Waals surface area (Å²) in [6.45, 7) is 6.38. The molecule has 28 heavy (non-hydrogen) atoms. The Morgan fingerprint density at radius 2 is 1.93 bits per heavy atom. The number of sulfone groups is 1. The van der Waals surface area contributed by atoms with Crippen molar-refractivity contribution in [3.8, 4) is 11.5 Å². The van der Waals surface area contributed by atoms with Crippen LogP contribution in [0.5, 0.6) is 0 Å². The van der Waals surface area contributed by atoms with Gasteiger partial charge in [0.2, 0.25) is 11.8 Å². The lowest BCUT2D eigenvalue weighted by Gasteiger charge is -2.35. The highest BCUT2D eigenvalue weighted by Crippen LogP contribution is 2.24. The van der Waals surface area contributed by atoms with Gasteiger partial charge in [-0.2, -0.15) is 0 Å². The quantitative estimate of drug-likeness (QED) is 0.734. The van der Waals surface area contributed by atoms with Crippen LogP contribution in [0, 0.1) is 13.8 Å². The van der Waals surface area contributed by atoms with Crippen molar-refractivity contribution < 1.29 is 17.6 Å². The third-order valence-corrected chi connectivity index (χ3v) is 6.71. The van der Waals surface area contributed by atoms with Gasteiger partial charge in [-0.1, -0.05) is 24.6 Å². The lowest BCUT2D eigenvalue weighted by Crippen LogP contribution is -2.45. The van der Waals surface area contributed by atoms with Gasteiger partial charge >= 0.3 is 0 Å². The fraction of sp³-hybridized carbons (Fsp3) is 0.524. The Morgan fingerprint density at radius 1 is 1.21 bits per heavy atom. The van der Waals surface area contributed by atoms with Crippen LogP contribution in [-0.2, 0) is 20.4 Å². The summed E-state index contributed by atoms with van der Waals surface area (Å²) in [7, 11) is -3.63. The number of carbonyl (C=O) groups is 1. The van der Waals surface area contributed by atoms with E-state index in [1.165, 1.54) is 0 Å². The minimum absolute atomic E-state index is 0.151. The van der Waals surface area contributed by atoms with Gasteiger partial charge in [-0.05, 0) is 51.7 Å². The SMILES string of the molecule is CCC1CCCCN1C(=O)CS(=O)(=O)Cc1nc(-c2ccc(C)cc2)oc1C. The molecule has 1 fully saturated rings. The number of piperidine rings is 1. The summed E-state index contributed by atoms with van der Waals surface area (Å²) < 4.78 is 31.0. The monoisotopic (exact) mass is 404 g/mol. The lowest BCUT2D eigenvalue weighted by atomic mass is 10.0. The van der Waals surface area contributed by atoms with Gasteiger partial charge in [-0.3, -0.25) is 4.79 Å². The molecule has 1 aromatic heterocycles. The van der Waals surface area contributed by atoms with Gasteiger partial charge in [0.05, 0.1) is 11.4 Å². The zero-order chi connectivity index (χ0) is 20.3. The third kappa shape index (κ3) is 4.82. The minimum Gasteiger partial charge on any atom is -0.441 e. The number of hydrogen-bond acceptors (Lipinski definition) is 5. The third-order valence-electron chi connectivity index (χ3n) is 5.31. The Morgan fingerprint density at radius 3 is 2.61 bits per heavy atom. The van der Waals surface area contributed by atoms with E-state index in [2.05, 4.69) is 4.98 Å². The number of likely N-dealkylation sites (tertiary alicyclic amines) is 1. The van der Waals surface area contributed by atoms with E-state index in [1.54, 1.807) is 11.8 Å². The zero-order valence-corrected chi connectivity index (χ0v) is 17.6. The summed E-state index contributed by atoms with van der Waals surface area (Å²) in [5.41, 5.74) is 2.29. The maximum Gasteiger partial charge on any atom is 0.238 e. The number of aryl methyl sites for hydroxylation is 2. The largest absolute Gasteiger partial charge is 0.441 e. The Balaban J connectivity index is 1.71. The molecule has 6 nitrogen and oxygen atoms in total. The molecule has 0 bridgehead atoms. The van der Waals surface area contributed by atoms with Gasteiger partial charge in [0.15, 0.2) is 9.84 Å². The Bertz CT molecular complexity index is 932. The molecule has 1 atom stereocenters. The van der Waals surface area contributed by atoms with Crippen LogP contribution in [0.4, 0.5) is 0 Å². The molecule has 2 aromatic rings. The van der Waals surface area contributed by atoms with Crippen molar-refractivity contribution in [3.05, 3.63) is 41.3 Å². The van der Waals surface area contributed by atoms with Crippen LogP contribution in [-0.4, -0.2) is 42.5 Å². The summed E-state index contributed by atoms with van der Waals surface area (Å²) in [6, 6.07) is 7.84. The van der Waals surface area contributed by atoms with E-state index < -0.39 is 15.6 Å². The molecule has 0 N–H and O–H groups in total. The number of nitrogens with zero attached hydrogens (tertiary/aromatic N) is 2. The van der Waals surface area contributed by atoms with Crippen LogP contribution in [0.2, 0.25) is 0 Å². The normalized spacial score (nSPS) is 17.7.